The van der Waals surface area contributed by atoms with Crippen LogP contribution in [0, 0.1) is 0 Å². The van der Waals surface area contributed by atoms with Gasteiger partial charge in [-0.3, -0.25) is 0 Å². The van der Waals surface area contributed by atoms with Crippen LogP contribution < -0.4 is 15.9 Å². The number of rotatable bonds is 4. The van der Waals surface area contributed by atoms with E-state index in [1.807, 2.05) is 48.5 Å². The van der Waals surface area contributed by atoms with E-state index in [-0.39, 0.29) is 0 Å². The van der Waals surface area contributed by atoms with E-state index in [1.165, 1.54) is 0 Å². The monoisotopic (exact) mass is 400 g/mol. The molecular weight excluding hydrogens is 383 g/mol. The van der Waals surface area contributed by atoms with Crippen LogP contribution in [-0.2, 0) is 0 Å². The van der Waals surface area contributed by atoms with E-state index in [2.05, 4.69) is 46.4 Å². The average molecular weight is 401 g/mol. The van der Waals surface area contributed by atoms with Crippen LogP contribution in [0.1, 0.15) is 10.4 Å². The molecule has 0 saturated carbocycles. The fourth-order valence-corrected chi connectivity index (χ4v) is 9.26. The topological polar surface area (TPSA) is 37.3 Å². The van der Waals surface area contributed by atoms with Crippen molar-refractivity contribution in [2.24, 2.45) is 0 Å². The number of hydrogen-bond donors (Lipinski definition) is 1. The number of hydrogen-bond acceptors (Lipinski definition) is 1. The number of carbonyl (C=O) groups is 1. The van der Waals surface area contributed by atoms with Crippen LogP contribution in [0.15, 0.2) is 84.9 Å². The molecule has 0 aliphatic heterocycles. The Morgan fingerprint density at radius 2 is 1.21 bits per heavy atom. The number of halogens is 1. The van der Waals surface area contributed by atoms with E-state index in [4.69, 9.17) is 0 Å². The Balaban J connectivity index is 2.44. The van der Waals surface area contributed by atoms with Crippen LogP contribution in [0.25, 0.3) is 0 Å². The second-order valence-corrected chi connectivity index (χ2v) is 15.6. The molecule has 0 saturated heterocycles. The summed E-state index contributed by atoms with van der Waals surface area (Å²) in [4.78, 5) is 11.9. The van der Waals surface area contributed by atoms with Gasteiger partial charge in [0.2, 0.25) is 0 Å². The molecule has 3 rings (SSSR count). The molecule has 24 heavy (non-hydrogen) atoms. The molecular formula is C20H18BrO2P. The van der Waals surface area contributed by atoms with E-state index < -0.39 is 11.3 Å². The van der Waals surface area contributed by atoms with Gasteiger partial charge in [0.1, 0.15) is 0 Å². The Labute approximate surface area is 149 Å². The van der Waals surface area contributed by atoms with Crippen LogP contribution in [0.3, 0.4) is 0 Å². The molecule has 0 amide bonds. The summed E-state index contributed by atoms with van der Waals surface area (Å²) >= 11 is 4.10. The normalized spacial score (nSPS) is 13.0. The summed E-state index contributed by atoms with van der Waals surface area (Å²) < 4.78 is 0. The van der Waals surface area contributed by atoms with Crippen LogP contribution >= 0.6 is 20.8 Å². The third kappa shape index (κ3) is 2.58. The maximum absolute atomic E-state index is 11.9. The molecule has 0 aromatic heterocycles. The molecule has 0 fully saturated rings. The predicted octanol–water partition coefficient (Wildman–Crippen LogP) is 4.15. The first kappa shape index (κ1) is 16.9. The van der Waals surface area contributed by atoms with Gasteiger partial charge >= 0.3 is 150 Å². The van der Waals surface area contributed by atoms with E-state index in [9.17, 15) is 9.90 Å². The summed E-state index contributed by atoms with van der Waals surface area (Å²) in [6.07, 6.45) is 0. The summed E-state index contributed by atoms with van der Waals surface area (Å²) in [5, 5.41) is 9.71. The summed E-state index contributed by atoms with van der Waals surface area (Å²) in [5.74, 6) is -0.909. The van der Waals surface area contributed by atoms with Crippen molar-refractivity contribution in [3.05, 3.63) is 90.5 Å². The van der Waals surface area contributed by atoms with Crippen molar-refractivity contribution in [1.29, 1.82) is 0 Å². The van der Waals surface area contributed by atoms with Crippen molar-refractivity contribution in [2.75, 3.05) is 6.66 Å². The third-order valence-electron chi connectivity index (χ3n) is 4.45. The van der Waals surface area contributed by atoms with Crippen LogP contribution in [0.2, 0.25) is 0 Å². The zero-order valence-electron chi connectivity index (χ0n) is 13.3. The van der Waals surface area contributed by atoms with Crippen LogP contribution in [0.4, 0.5) is 0 Å². The molecule has 0 bridgehead atoms. The molecule has 2 nitrogen and oxygen atoms in total. The van der Waals surface area contributed by atoms with Gasteiger partial charge < -0.3 is 0 Å². The minimum absolute atomic E-state index is 0.335. The van der Waals surface area contributed by atoms with Gasteiger partial charge in [-0.25, -0.2) is 0 Å². The quantitative estimate of drug-likeness (QED) is 0.667. The van der Waals surface area contributed by atoms with Crippen molar-refractivity contribution in [1.82, 2.24) is 0 Å². The average Bonchev–Trinajstić information content (AvgIpc) is 2.63. The Morgan fingerprint density at radius 3 is 1.67 bits per heavy atom. The van der Waals surface area contributed by atoms with Crippen molar-refractivity contribution in [3.8, 4) is 0 Å². The van der Waals surface area contributed by atoms with Crippen molar-refractivity contribution in [3.63, 3.8) is 0 Å². The van der Waals surface area contributed by atoms with Gasteiger partial charge in [0.15, 0.2) is 0 Å². The number of carboxylic acid groups (broad SMARTS) is 1. The Hall–Kier alpha value is -1.96. The van der Waals surface area contributed by atoms with E-state index in [1.54, 1.807) is 12.1 Å². The first-order valence-electron chi connectivity index (χ1n) is 7.61. The molecule has 0 unspecified atom stereocenters. The van der Waals surface area contributed by atoms with E-state index in [0.29, 0.717) is 5.56 Å². The molecule has 0 aliphatic carbocycles. The van der Waals surface area contributed by atoms with Crippen LogP contribution in [-0.4, -0.2) is 17.7 Å². The molecule has 0 heterocycles. The molecule has 122 valence electrons. The Kier molecular flexibility index (Phi) is 4.33. The Bertz CT molecular complexity index is 833. The summed E-state index contributed by atoms with van der Waals surface area (Å²) in [5.41, 5.74) is 0.335. The van der Waals surface area contributed by atoms with Crippen LogP contribution in [0.5, 0.6) is 0 Å². The molecule has 3 aromatic carbocycles. The first-order valence-corrected chi connectivity index (χ1v) is 12.3. The molecule has 3 aromatic rings. The predicted molar refractivity (Wildman–Crippen MR) is 107 cm³/mol. The second-order valence-electron chi connectivity index (χ2n) is 5.92. The molecule has 0 spiro atoms. The van der Waals surface area contributed by atoms with Crippen molar-refractivity contribution < 1.29 is 9.90 Å². The zero-order chi connectivity index (χ0) is 17.2. The fourth-order valence-electron chi connectivity index (χ4n) is 3.11. The van der Waals surface area contributed by atoms with Gasteiger partial charge in [-0.15, -0.1) is 0 Å². The van der Waals surface area contributed by atoms with Gasteiger partial charge in [-0.1, -0.05) is 0 Å². The molecule has 0 radical (unpaired) electrons. The van der Waals surface area contributed by atoms with Gasteiger partial charge in [-0.05, 0) is 0 Å². The second kappa shape index (κ2) is 6.16. The minimum atomic E-state index is -3.06. The number of carboxylic acids is 1. The van der Waals surface area contributed by atoms with E-state index in [0.717, 1.165) is 15.9 Å². The molecule has 4 heteroatoms. The van der Waals surface area contributed by atoms with Gasteiger partial charge in [0, 0.05) is 0 Å². The molecule has 0 aliphatic rings. The number of aromatic carboxylic acids is 1. The van der Waals surface area contributed by atoms with Gasteiger partial charge in [0.25, 0.3) is 0 Å². The zero-order valence-corrected chi connectivity index (χ0v) is 15.7. The van der Waals surface area contributed by atoms with E-state index >= 15 is 0 Å². The summed E-state index contributed by atoms with van der Waals surface area (Å²) in [6, 6.07) is 27.5. The Morgan fingerprint density at radius 1 is 0.792 bits per heavy atom. The van der Waals surface area contributed by atoms with Gasteiger partial charge in [-0.2, -0.15) is 0 Å². The van der Waals surface area contributed by atoms with Crippen molar-refractivity contribution >= 4 is 42.7 Å². The summed E-state index contributed by atoms with van der Waals surface area (Å²) in [6.45, 7) is 2.15. The standard InChI is InChI=1S/C20H18BrO2P/c1-24(21,16-10-4-2-5-11-16,17-12-6-3-7-13-17)19-15-9-8-14-18(19)20(22)23/h2-15H,1H3,(H,22,23). The molecule has 1 N–H and O–H groups in total. The summed E-state index contributed by atoms with van der Waals surface area (Å²) in [7, 11) is 0. The van der Waals surface area contributed by atoms with Gasteiger partial charge in [0.05, 0.1) is 0 Å². The number of benzene rings is 3. The first-order chi connectivity index (χ1) is 11.4. The van der Waals surface area contributed by atoms with Crippen molar-refractivity contribution in [2.45, 2.75) is 0 Å². The third-order valence-corrected chi connectivity index (χ3v) is 12.6. The maximum atomic E-state index is 11.9. The SMILES string of the molecule is CP(Br)(c1ccccc1)(c1ccccc1)c1ccccc1C(=O)O. The molecule has 0 atom stereocenters. The fraction of sp³-hybridized carbons (Fsp3) is 0.0500.